The van der Waals surface area contributed by atoms with Gasteiger partial charge in [-0.1, -0.05) is 79.2 Å². The summed E-state index contributed by atoms with van der Waals surface area (Å²) in [5.41, 5.74) is 5.78. The lowest BCUT2D eigenvalue weighted by Gasteiger charge is -2.15. The molecular formula is C39H35N5O3S2. The van der Waals surface area contributed by atoms with Crippen molar-refractivity contribution in [2.45, 2.75) is 37.3 Å². The number of aryl methyl sites for hydroxylation is 2. The number of para-hydroxylation sites is 1. The number of amides is 3. The molecule has 6 aromatic rings. The monoisotopic (exact) mass is 685 g/mol. The lowest BCUT2D eigenvalue weighted by atomic mass is 10.1. The molecule has 0 bridgehead atoms. The summed E-state index contributed by atoms with van der Waals surface area (Å²) in [6.07, 6.45) is 4.05. The Labute approximate surface area is 293 Å². The number of aromatic nitrogens is 2. The largest absolute Gasteiger partial charge is 0.361 e. The molecule has 2 aromatic heterocycles. The molecule has 2 heterocycles. The average molecular weight is 686 g/mol. The third-order valence-corrected chi connectivity index (χ3v) is 10.1. The number of carbonyl (C=O) groups excluding carboxylic acids is 3. The highest BCUT2D eigenvalue weighted by molar-refractivity contribution is 8.00. The molecule has 0 aliphatic heterocycles. The first-order valence-corrected chi connectivity index (χ1v) is 17.5. The Hall–Kier alpha value is -5.45. The van der Waals surface area contributed by atoms with E-state index >= 15 is 0 Å². The number of thiazole rings is 1. The highest BCUT2D eigenvalue weighted by atomic mass is 32.2. The number of fused-ring (bicyclic) bond motifs is 1. The van der Waals surface area contributed by atoms with Gasteiger partial charge in [0.05, 0.1) is 10.9 Å². The van der Waals surface area contributed by atoms with Gasteiger partial charge in [0, 0.05) is 49.3 Å². The van der Waals surface area contributed by atoms with Crippen molar-refractivity contribution in [3.05, 3.63) is 137 Å². The van der Waals surface area contributed by atoms with Crippen molar-refractivity contribution in [2.75, 3.05) is 10.6 Å². The maximum atomic E-state index is 13.7. The standard InChI is InChI=1S/C39H35N5O3S2/c1-4-34(38(47)44-39-43-35(25(3)48-39)26-19-17-24(2)18-20-26)49-30-14-10-13-29(22-30)41-37(46)33(42-36(45)27-11-6-5-7-12-27)21-28-23-40-32-16-9-8-15-31(28)32/h5-23,34,40H,4H2,1-3H3,(H,41,46)(H,42,45)(H,43,44,47)/b33-21-. The molecule has 0 fully saturated rings. The minimum absolute atomic E-state index is 0.0891. The third-order valence-electron chi connectivity index (χ3n) is 7.84. The zero-order chi connectivity index (χ0) is 34.3. The molecule has 0 radical (unpaired) electrons. The second-order valence-electron chi connectivity index (χ2n) is 11.4. The van der Waals surface area contributed by atoms with Crippen LogP contribution in [0, 0.1) is 13.8 Å². The summed E-state index contributed by atoms with van der Waals surface area (Å²) in [6, 6.07) is 32.0. The van der Waals surface area contributed by atoms with Crippen LogP contribution in [0.15, 0.2) is 120 Å². The maximum Gasteiger partial charge on any atom is 0.272 e. The van der Waals surface area contributed by atoms with E-state index in [-0.39, 0.29) is 16.9 Å². The van der Waals surface area contributed by atoms with Crippen LogP contribution in [-0.2, 0) is 9.59 Å². The van der Waals surface area contributed by atoms with Crippen LogP contribution in [0.25, 0.3) is 28.2 Å². The highest BCUT2D eigenvalue weighted by Gasteiger charge is 2.21. The van der Waals surface area contributed by atoms with Crippen LogP contribution in [0.5, 0.6) is 0 Å². The number of thioether (sulfide) groups is 1. The Morgan fingerprint density at radius 3 is 2.43 bits per heavy atom. The van der Waals surface area contributed by atoms with Gasteiger partial charge >= 0.3 is 0 Å². The van der Waals surface area contributed by atoms with Crippen molar-refractivity contribution in [1.29, 1.82) is 0 Å². The van der Waals surface area contributed by atoms with E-state index < -0.39 is 11.8 Å². The van der Waals surface area contributed by atoms with Crippen molar-refractivity contribution in [3.63, 3.8) is 0 Å². The molecule has 4 aromatic carbocycles. The van der Waals surface area contributed by atoms with Gasteiger partial charge in [-0.05, 0) is 62.7 Å². The second kappa shape index (κ2) is 15.2. The van der Waals surface area contributed by atoms with E-state index in [1.54, 1.807) is 42.6 Å². The van der Waals surface area contributed by atoms with E-state index in [0.29, 0.717) is 22.8 Å². The van der Waals surface area contributed by atoms with Gasteiger partial charge in [-0.25, -0.2) is 4.98 Å². The molecule has 8 nitrogen and oxygen atoms in total. The van der Waals surface area contributed by atoms with E-state index in [1.165, 1.54) is 28.7 Å². The quantitative estimate of drug-likeness (QED) is 0.0804. The van der Waals surface area contributed by atoms with E-state index in [2.05, 4.69) is 20.9 Å². The Morgan fingerprint density at radius 1 is 0.898 bits per heavy atom. The lowest BCUT2D eigenvalue weighted by molar-refractivity contribution is -0.116. The van der Waals surface area contributed by atoms with E-state index in [4.69, 9.17) is 4.98 Å². The SMILES string of the molecule is CCC(Sc1cccc(NC(=O)/C(=C/c2c[nH]c3ccccc23)NC(=O)c2ccccc2)c1)C(=O)Nc1nc(-c2ccc(C)cc2)c(C)s1. The number of rotatable bonds is 11. The van der Waals surface area contributed by atoms with Crippen LogP contribution >= 0.6 is 23.1 Å². The number of hydrogen-bond donors (Lipinski definition) is 4. The van der Waals surface area contributed by atoms with Gasteiger partial charge in [0.25, 0.3) is 11.8 Å². The highest BCUT2D eigenvalue weighted by Crippen LogP contribution is 2.33. The first kappa shape index (κ1) is 33.5. The Balaban J connectivity index is 1.17. The van der Waals surface area contributed by atoms with Gasteiger partial charge in [0.15, 0.2) is 5.13 Å². The van der Waals surface area contributed by atoms with Crippen LogP contribution in [0.2, 0.25) is 0 Å². The number of carbonyl (C=O) groups is 3. The summed E-state index contributed by atoms with van der Waals surface area (Å²) in [5, 5.41) is 9.84. The van der Waals surface area contributed by atoms with Crippen molar-refractivity contribution in [2.24, 2.45) is 0 Å². The number of H-pyrrole nitrogens is 1. The number of nitrogens with one attached hydrogen (secondary N) is 4. The van der Waals surface area contributed by atoms with Crippen LogP contribution in [0.4, 0.5) is 10.8 Å². The Kier molecular flexibility index (Phi) is 10.4. The zero-order valence-electron chi connectivity index (χ0n) is 27.2. The fraction of sp³-hybridized carbons (Fsp3) is 0.128. The van der Waals surface area contributed by atoms with Crippen molar-refractivity contribution < 1.29 is 14.4 Å². The molecule has 1 unspecified atom stereocenters. The van der Waals surface area contributed by atoms with Crippen molar-refractivity contribution in [1.82, 2.24) is 15.3 Å². The molecule has 0 aliphatic carbocycles. The first-order valence-electron chi connectivity index (χ1n) is 15.8. The van der Waals surface area contributed by atoms with Crippen molar-refractivity contribution in [3.8, 4) is 11.3 Å². The lowest BCUT2D eigenvalue weighted by Crippen LogP contribution is -2.30. The Morgan fingerprint density at radius 2 is 1.65 bits per heavy atom. The van der Waals surface area contributed by atoms with Gasteiger partial charge < -0.3 is 20.9 Å². The molecule has 0 saturated heterocycles. The third kappa shape index (κ3) is 8.17. The minimum atomic E-state index is -0.481. The summed E-state index contributed by atoms with van der Waals surface area (Å²) in [4.78, 5) is 50.0. The van der Waals surface area contributed by atoms with Crippen molar-refractivity contribution >= 4 is 68.6 Å². The van der Waals surface area contributed by atoms with Crippen LogP contribution < -0.4 is 16.0 Å². The first-order chi connectivity index (χ1) is 23.8. The normalized spacial score (nSPS) is 12.0. The fourth-order valence-corrected chi connectivity index (χ4v) is 7.11. The molecule has 4 N–H and O–H groups in total. The predicted octanol–water partition coefficient (Wildman–Crippen LogP) is 8.83. The molecule has 10 heteroatoms. The van der Waals surface area contributed by atoms with Gasteiger partial charge in [-0.15, -0.1) is 23.1 Å². The molecule has 3 amide bonds. The summed E-state index contributed by atoms with van der Waals surface area (Å²) in [7, 11) is 0. The molecule has 0 spiro atoms. The van der Waals surface area contributed by atoms with Crippen LogP contribution in [-0.4, -0.2) is 32.9 Å². The van der Waals surface area contributed by atoms with Crippen LogP contribution in [0.3, 0.4) is 0 Å². The van der Waals surface area contributed by atoms with Gasteiger partial charge in [0.1, 0.15) is 5.70 Å². The fourth-order valence-electron chi connectivity index (χ4n) is 5.26. The van der Waals surface area contributed by atoms with Crippen LogP contribution in [0.1, 0.15) is 39.7 Å². The summed E-state index contributed by atoms with van der Waals surface area (Å²) in [6.45, 7) is 6.01. The molecule has 6 rings (SSSR count). The number of benzene rings is 4. The maximum absolute atomic E-state index is 13.7. The average Bonchev–Trinajstić information content (AvgIpc) is 3.69. The van der Waals surface area contributed by atoms with E-state index in [1.807, 2.05) is 93.6 Å². The smallest absolute Gasteiger partial charge is 0.272 e. The molecule has 246 valence electrons. The van der Waals surface area contributed by atoms with Gasteiger partial charge in [-0.2, -0.15) is 0 Å². The molecule has 0 aliphatic rings. The number of anilines is 2. The number of hydrogen-bond acceptors (Lipinski definition) is 6. The summed E-state index contributed by atoms with van der Waals surface area (Å²) < 4.78 is 0. The second-order valence-corrected chi connectivity index (χ2v) is 13.9. The topological polar surface area (TPSA) is 116 Å². The van der Waals surface area contributed by atoms with E-state index in [0.717, 1.165) is 37.5 Å². The number of aromatic amines is 1. The van der Waals surface area contributed by atoms with Gasteiger partial charge in [0.2, 0.25) is 5.91 Å². The molecular weight excluding hydrogens is 651 g/mol. The summed E-state index contributed by atoms with van der Waals surface area (Å²) >= 11 is 2.87. The minimum Gasteiger partial charge on any atom is -0.361 e. The number of nitrogens with zero attached hydrogens (tertiary/aromatic N) is 1. The zero-order valence-corrected chi connectivity index (χ0v) is 28.9. The Bertz CT molecular complexity index is 2150. The molecule has 0 saturated carbocycles. The van der Waals surface area contributed by atoms with E-state index in [9.17, 15) is 14.4 Å². The summed E-state index contributed by atoms with van der Waals surface area (Å²) in [5.74, 6) is -1.02. The predicted molar refractivity (Wildman–Crippen MR) is 201 cm³/mol. The molecule has 1 atom stereocenters. The molecule has 49 heavy (non-hydrogen) atoms. The van der Waals surface area contributed by atoms with Gasteiger partial charge in [-0.3, -0.25) is 14.4 Å².